The van der Waals surface area contributed by atoms with Crippen LogP contribution in [0, 0.1) is 6.92 Å². The summed E-state index contributed by atoms with van der Waals surface area (Å²) in [4.78, 5) is 4.80. The summed E-state index contributed by atoms with van der Waals surface area (Å²) in [5.41, 5.74) is 5.27. The van der Waals surface area contributed by atoms with Crippen molar-refractivity contribution in [2.24, 2.45) is 0 Å². The lowest BCUT2D eigenvalue weighted by Crippen LogP contribution is -1.91. The molecule has 0 bridgehead atoms. The van der Waals surface area contributed by atoms with E-state index in [1.807, 2.05) is 42.5 Å². The first-order chi connectivity index (χ1) is 9.74. The Morgan fingerprint density at radius 1 is 0.800 bits per heavy atom. The summed E-state index contributed by atoms with van der Waals surface area (Å²) in [5, 5.41) is 0.730. The van der Waals surface area contributed by atoms with E-state index in [1.54, 1.807) is 0 Å². The Bertz CT molecular complexity index is 735. The number of benzene rings is 2. The lowest BCUT2D eigenvalue weighted by molar-refractivity contribution is 1.27. The molecule has 0 fully saturated rings. The van der Waals surface area contributed by atoms with Crippen LogP contribution in [0.2, 0.25) is 5.02 Å². The van der Waals surface area contributed by atoms with Crippen LogP contribution in [-0.2, 0) is 0 Å². The summed E-state index contributed by atoms with van der Waals surface area (Å²) < 4.78 is 0. The number of aromatic nitrogens is 1. The second kappa shape index (κ2) is 5.48. The van der Waals surface area contributed by atoms with Crippen molar-refractivity contribution < 1.29 is 0 Å². The molecule has 0 aliphatic heterocycles. The van der Waals surface area contributed by atoms with E-state index in [1.165, 1.54) is 0 Å². The number of halogens is 1. The normalized spacial score (nSPS) is 10.5. The van der Waals surface area contributed by atoms with Crippen LogP contribution in [-0.4, -0.2) is 4.98 Å². The van der Waals surface area contributed by atoms with Crippen molar-refractivity contribution in [3.05, 3.63) is 77.3 Å². The SMILES string of the molecule is Cc1ccc(-c2ccccc2)nc1-c1cccc(Cl)c1. The summed E-state index contributed by atoms with van der Waals surface area (Å²) in [6, 6.07) is 22.2. The largest absolute Gasteiger partial charge is 0.248 e. The summed E-state index contributed by atoms with van der Waals surface area (Å²) in [7, 11) is 0. The fourth-order valence-electron chi connectivity index (χ4n) is 2.23. The predicted molar refractivity (Wildman–Crippen MR) is 84.9 cm³/mol. The fourth-order valence-corrected chi connectivity index (χ4v) is 2.42. The molecule has 3 aromatic rings. The Labute approximate surface area is 123 Å². The average Bonchev–Trinajstić information content (AvgIpc) is 2.48. The van der Waals surface area contributed by atoms with Gasteiger partial charge < -0.3 is 0 Å². The van der Waals surface area contributed by atoms with Gasteiger partial charge in [-0.2, -0.15) is 0 Å². The molecule has 0 aliphatic rings. The van der Waals surface area contributed by atoms with Gasteiger partial charge in [-0.1, -0.05) is 60.1 Å². The molecule has 0 aliphatic carbocycles. The lowest BCUT2D eigenvalue weighted by atomic mass is 10.0. The van der Waals surface area contributed by atoms with Crippen LogP contribution >= 0.6 is 11.6 Å². The van der Waals surface area contributed by atoms with Gasteiger partial charge in [-0.25, -0.2) is 4.98 Å². The summed E-state index contributed by atoms with van der Waals surface area (Å²) in [6.07, 6.45) is 0. The minimum absolute atomic E-state index is 0.730. The molecule has 1 heterocycles. The fraction of sp³-hybridized carbons (Fsp3) is 0.0556. The molecule has 2 heteroatoms. The van der Waals surface area contributed by atoms with Gasteiger partial charge in [0.2, 0.25) is 0 Å². The van der Waals surface area contributed by atoms with Gasteiger partial charge in [0.05, 0.1) is 11.4 Å². The molecule has 1 nitrogen and oxygen atoms in total. The third-order valence-corrected chi connectivity index (χ3v) is 3.50. The van der Waals surface area contributed by atoms with Crippen LogP contribution < -0.4 is 0 Å². The topological polar surface area (TPSA) is 12.9 Å². The maximum Gasteiger partial charge on any atom is 0.0739 e. The Balaban J connectivity index is 2.12. The van der Waals surface area contributed by atoms with E-state index in [4.69, 9.17) is 16.6 Å². The van der Waals surface area contributed by atoms with Crippen molar-refractivity contribution in [2.75, 3.05) is 0 Å². The maximum absolute atomic E-state index is 6.08. The van der Waals surface area contributed by atoms with Crippen molar-refractivity contribution in [1.82, 2.24) is 4.98 Å². The molecule has 98 valence electrons. The summed E-state index contributed by atoms with van der Waals surface area (Å²) in [5.74, 6) is 0. The van der Waals surface area contributed by atoms with E-state index in [-0.39, 0.29) is 0 Å². The van der Waals surface area contributed by atoms with Gasteiger partial charge in [0.1, 0.15) is 0 Å². The lowest BCUT2D eigenvalue weighted by Gasteiger charge is -2.09. The van der Waals surface area contributed by atoms with E-state index in [9.17, 15) is 0 Å². The quantitative estimate of drug-likeness (QED) is 0.614. The predicted octanol–water partition coefficient (Wildman–Crippen LogP) is 5.38. The Hall–Kier alpha value is -2.12. The first-order valence-corrected chi connectivity index (χ1v) is 6.91. The van der Waals surface area contributed by atoms with Crippen molar-refractivity contribution in [3.8, 4) is 22.5 Å². The monoisotopic (exact) mass is 279 g/mol. The van der Waals surface area contributed by atoms with Crippen LogP contribution in [0.3, 0.4) is 0 Å². The molecule has 0 atom stereocenters. The minimum atomic E-state index is 0.730. The average molecular weight is 280 g/mol. The van der Waals surface area contributed by atoms with Gasteiger partial charge in [-0.3, -0.25) is 0 Å². The number of hydrogen-bond donors (Lipinski definition) is 0. The van der Waals surface area contributed by atoms with Gasteiger partial charge in [0.15, 0.2) is 0 Å². The van der Waals surface area contributed by atoms with Crippen molar-refractivity contribution in [2.45, 2.75) is 6.92 Å². The van der Waals surface area contributed by atoms with Crippen LogP contribution in [0.5, 0.6) is 0 Å². The third-order valence-electron chi connectivity index (χ3n) is 3.26. The summed E-state index contributed by atoms with van der Waals surface area (Å²) >= 11 is 6.08. The van der Waals surface area contributed by atoms with Crippen molar-refractivity contribution in [3.63, 3.8) is 0 Å². The molecule has 0 N–H and O–H groups in total. The highest BCUT2D eigenvalue weighted by atomic mass is 35.5. The maximum atomic E-state index is 6.08. The molecule has 0 radical (unpaired) electrons. The number of aryl methyl sites for hydroxylation is 1. The molecule has 20 heavy (non-hydrogen) atoms. The van der Waals surface area contributed by atoms with Crippen molar-refractivity contribution >= 4 is 11.6 Å². The molecular weight excluding hydrogens is 266 g/mol. The first kappa shape index (κ1) is 12.9. The number of hydrogen-bond acceptors (Lipinski definition) is 1. The van der Waals surface area contributed by atoms with Gasteiger partial charge in [-0.05, 0) is 30.7 Å². The molecule has 0 amide bonds. The molecule has 1 aromatic heterocycles. The van der Waals surface area contributed by atoms with Crippen molar-refractivity contribution in [1.29, 1.82) is 0 Å². The smallest absolute Gasteiger partial charge is 0.0739 e. The van der Waals surface area contributed by atoms with E-state index >= 15 is 0 Å². The van der Waals surface area contributed by atoms with Crippen LogP contribution in [0.15, 0.2) is 66.7 Å². The zero-order valence-corrected chi connectivity index (χ0v) is 11.9. The molecule has 0 saturated heterocycles. The van der Waals surface area contributed by atoms with Gasteiger partial charge in [0, 0.05) is 16.1 Å². The molecular formula is C18H14ClN. The first-order valence-electron chi connectivity index (χ1n) is 6.53. The van der Waals surface area contributed by atoms with Gasteiger partial charge in [-0.15, -0.1) is 0 Å². The van der Waals surface area contributed by atoms with Crippen LogP contribution in [0.1, 0.15) is 5.56 Å². The molecule has 0 unspecified atom stereocenters. The second-order valence-corrected chi connectivity index (χ2v) is 5.17. The Morgan fingerprint density at radius 3 is 2.30 bits per heavy atom. The second-order valence-electron chi connectivity index (χ2n) is 4.74. The highest BCUT2D eigenvalue weighted by Gasteiger charge is 2.07. The zero-order valence-electron chi connectivity index (χ0n) is 11.2. The van der Waals surface area contributed by atoms with Crippen LogP contribution in [0.4, 0.5) is 0 Å². The minimum Gasteiger partial charge on any atom is -0.248 e. The number of rotatable bonds is 2. The highest BCUT2D eigenvalue weighted by molar-refractivity contribution is 6.30. The third kappa shape index (κ3) is 2.59. The van der Waals surface area contributed by atoms with E-state index in [2.05, 4.69) is 31.2 Å². The molecule has 3 rings (SSSR count). The number of pyridine rings is 1. The molecule has 0 spiro atoms. The van der Waals surface area contributed by atoms with E-state index in [0.717, 1.165) is 33.1 Å². The van der Waals surface area contributed by atoms with E-state index in [0.29, 0.717) is 0 Å². The standard InChI is InChI=1S/C18H14ClN/c1-13-10-11-17(14-6-3-2-4-7-14)20-18(13)15-8-5-9-16(19)12-15/h2-12H,1H3. The molecule has 2 aromatic carbocycles. The van der Waals surface area contributed by atoms with Gasteiger partial charge >= 0.3 is 0 Å². The van der Waals surface area contributed by atoms with Crippen LogP contribution in [0.25, 0.3) is 22.5 Å². The highest BCUT2D eigenvalue weighted by Crippen LogP contribution is 2.27. The zero-order chi connectivity index (χ0) is 13.9. The number of nitrogens with zero attached hydrogens (tertiary/aromatic N) is 1. The Morgan fingerprint density at radius 2 is 1.55 bits per heavy atom. The Kier molecular flexibility index (Phi) is 3.53. The van der Waals surface area contributed by atoms with Gasteiger partial charge in [0.25, 0.3) is 0 Å². The summed E-state index contributed by atoms with van der Waals surface area (Å²) in [6.45, 7) is 2.07. The van der Waals surface area contributed by atoms with E-state index < -0.39 is 0 Å². The molecule has 0 saturated carbocycles.